The summed E-state index contributed by atoms with van der Waals surface area (Å²) in [5.41, 5.74) is 0. The summed E-state index contributed by atoms with van der Waals surface area (Å²) in [6.45, 7) is 2.79. The van der Waals surface area contributed by atoms with Gasteiger partial charge in [-0.15, -0.1) is 0 Å². The molecule has 94 valence electrons. The highest BCUT2D eigenvalue weighted by molar-refractivity contribution is 7.92. The van der Waals surface area contributed by atoms with Crippen molar-refractivity contribution in [2.75, 3.05) is 6.61 Å². The summed E-state index contributed by atoms with van der Waals surface area (Å²) in [7, 11) is -3.06. The van der Waals surface area contributed by atoms with Crippen LogP contribution < -0.4 is 4.74 Å². The minimum Gasteiger partial charge on any atom is -0.494 e. The highest BCUT2D eigenvalue weighted by Crippen LogP contribution is 2.33. The van der Waals surface area contributed by atoms with Crippen molar-refractivity contribution in [3.63, 3.8) is 0 Å². The van der Waals surface area contributed by atoms with Crippen LogP contribution in [-0.2, 0) is 9.84 Å². The van der Waals surface area contributed by atoms with Crippen LogP contribution in [-0.4, -0.2) is 20.3 Å². The topological polar surface area (TPSA) is 43.4 Å². The molecular weight excluding hydrogens is 236 g/mol. The molecular formula is C13H18O3S. The second-order valence-electron chi connectivity index (χ2n) is 4.42. The summed E-state index contributed by atoms with van der Waals surface area (Å²) in [6.07, 6.45) is 3.71. The maximum Gasteiger partial charge on any atom is 0.181 e. The Labute approximate surface area is 103 Å². The van der Waals surface area contributed by atoms with Crippen LogP contribution in [0.5, 0.6) is 5.75 Å². The third-order valence-corrected chi connectivity index (χ3v) is 5.16. The van der Waals surface area contributed by atoms with E-state index in [0.717, 1.165) is 31.4 Å². The average molecular weight is 254 g/mol. The maximum absolute atomic E-state index is 11.9. The first-order valence-electron chi connectivity index (χ1n) is 6.11. The molecule has 0 aromatic heterocycles. The minimum absolute atomic E-state index is 0.144. The second-order valence-corrected chi connectivity index (χ2v) is 6.65. The minimum atomic E-state index is -3.06. The van der Waals surface area contributed by atoms with E-state index in [-0.39, 0.29) is 5.25 Å². The first-order valence-corrected chi connectivity index (χ1v) is 7.66. The van der Waals surface area contributed by atoms with Crippen molar-refractivity contribution in [1.82, 2.24) is 0 Å². The molecule has 1 aromatic rings. The maximum atomic E-state index is 11.9. The molecule has 0 N–H and O–H groups in total. The number of benzene rings is 1. The molecule has 1 aromatic carbocycles. The predicted molar refractivity (Wildman–Crippen MR) is 67.1 cm³/mol. The smallest absolute Gasteiger partial charge is 0.181 e. The molecule has 17 heavy (non-hydrogen) atoms. The Kier molecular flexibility index (Phi) is 3.72. The van der Waals surface area contributed by atoms with Gasteiger partial charge < -0.3 is 4.74 Å². The normalized spacial score (nSPS) is 15.8. The van der Waals surface area contributed by atoms with Crippen molar-refractivity contribution < 1.29 is 13.2 Å². The highest BCUT2D eigenvalue weighted by Gasteiger charge is 2.36. The SMILES string of the molecule is CCCCOc1ccc(S(=O)(=O)C2CC2)cc1. The lowest BCUT2D eigenvalue weighted by Gasteiger charge is -2.06. The first kappa shape index (κ1) is 12.4. The van der Waals surface area contributed by atoms with Gasteiger partial charge in [0.1, 0.15) is 5.75 Å². The van der Waals surface area contributed by atoms with E-state index in [9.17, 15) is 8.42 Å². The largest absolute Gasteiger partial charge is 0.494 e. The second kappa shape index (κ2) is 5.08. The van der Waals surface area contributed by atoms with Crippen LogP contribution in [0.4, 0.5) is 0 Å². The molecule has 0 amide bonds. The highest BCUT2D eigenvalue weighted by atomic mass is 32.2. The summed E-state index contributed by atoms with van der Waals surface area (Å²) in [5, 5.41) is -0.144. The molecule has 0 unspecified atom stereocenters. The number of rotatable bonds is 6. The van der Waals surface area contributed by atoms with Crippen LogP contribution >= 0.6 is 0 Å². The zero-order valence-electron chi connectivity index (χ0n) is 10.1. The lowest BCUT2D eigenvalue weighted by molar-refractivity contribution is 0.309. The fraction of sp³-hybridized carbons (Fsp3) is 0.538. The molecule has 4 heteroatoms. The van der Waals surface area contributed by atoms with Crippen LogP contribution in [0.3, 0.4) is 0 Å². The molecule has 1 aliphatic rings. The van der Waals surface area contributed by atoms with Crippen molar-refractivity contribution in [3.05, 3.63) is 24.3 Å². The molecule has 1 fully saturated rings. The predicted octanol–water partition coefficient (Wildman–Crippen LogP) is 2.80. The third kappa shape index (κ3) is 3.00. The number of hydrogen-bond donors (Lipinski definition) is 0. The molecule has 0 spiro atoms. The lowest BCUT2D eigenvalue weighted by Crippen LogP contribution is -2.06. The molecule has 1 saturated carbocycles. The van der Waals surface area contributed by atoms with Gasteiger partial charge in [0.25, 0.3) is 0 Å². The average Bonchev–Trinajstić information content (AvgIpc) is 3.14. The van der Waals surface area contributed by atoms with Gasteiger partial charge in [-0.25, -0.2) is 8.42 Å². The van der Waals surface area contributed by atoms with Crippen LogP contribution in [0.15, 0.2) is 29.2 Å². The van der Waals surface area contributed by atoms with Crippen LogP contribution in [0.1, 0.15) is 32.6 Å². The van der Waals surface area contributed by atoms with Gasteiger partial charge in [-0.05, 0) is 43.5 Å². The Bertz CT molecular complexity index is 458. The van der Waals surface area contributed by atoms with E-state index >= 15 is 0 Å². The van der Waals surface area contributed by atoms with Crippen molar-refractivity contribution in [3.8, 4) is 5.75 Å². The van der Waals surface area contributed by atoms with Crippen molar-refractivity contribution >= 4 is 9.84 Å². The van der Waals surface area contributed by atoms with E-state index in [1.165, 1.54) is 0 Å². The van der Waals surface area contributed by atoms with E-state index in [2.05, 4.69) is 6.92 Å². The quantitative estimate of drug-likeness (QED) is 0.733. The standard InChI is InChI=1S/C13H18O3S/c1-2-3-10-16-11-4-6-12(7-5-11)17(14,15)13-8-9-13/h4-7,13H,2-3,8-10H2,1H3. The Morgan fingerprint density at radius 2 is 1.88 bits per heavy atom. The van der Waals surface area contributed by atoms with Crippen LogP contribution in [0.25, 0.3) is 0 Å². The summed E-state index contributed by atoms with van der Waals surface area (Å²) in [6, 6.07) is 6.78. The van der Waals surface area contributed by atoms with E-state index in [0.29, 0.717) is 11.5 Å². The van der Waals surface area contributed by atoms with Crippen LogP contribution in [0.2, 0.25) is 0 Å². The van der Waals surface area contributed by atoms with Crippen molar-refractivity contribution in [2.24, 2.45) is 0 Å². The number of unbranched alkanes of at least 4 members (excludes halogenated alkanes) is 1. The van der Waals surface area contributed by atoms with Gasteiger partial charge in [-0.2, -0.15) is 0 Å². The Balaban J connectivity index is 2.02. The van der Waals surface area contributed by atoms with Gasteiger partial charge in [-0.1, -0.05) is 13.3 Å². The lowest BCUT2D eigenvalue weighted by atomic mass is 10.3. The summed E-state index contributed by atoms with van der Waals surface area (Å²) in [4.78, 5) is 0.419. The van der Waals surface area contributed by atoms with E-state index in [1.807, 2.05) is 0 Å². The number of ether oxygens (including phenoxy) is 1. The molecule has 0 aliphatic heterocycles. The van der Waals surface area contributed by atoms with Gasteiger partial charge in [-0.3, -0.25) is 0 Å². The zero-order valence-corrected chi connectivity index (χ0v) is 10.9. The fourth-order valence-corrected chi connectivity index (χ4v) is 3.29. The van der Waals surface area contributed by atoms with Gasteiger partial charge in [0.05, 0.1) is 16.8 Å². The molecule has 0 radical (unpaired) electrons. The summed E-state index contributed by atoms with van der Waals surface area (Å²) >= 11 is 0. The fourth-order valence-electron chi connectivity index (χ4n) is 1.63. The first-order chi connectivity index (χ1) is 8.14. The Hall–Kier alpha value is -1.03. The zero-order chi connectivity index (χ0) is 12.3. The van der Waals surface area contributed by atoms with Crippen LogP contribution in [0, 0.1) is 0 Å². The Morgan fingerprint density at radius 1 is 1.24 bits per heavy atom. The van der Waals surface area contributed by atoms with Gasteiger partial charge in [0.15, 0.2) is 9.84 Å². The summed E-state index contributed by atoms with van der Waals surface area (Å²) in [5.74, 6) is 0.744. The number of sulfone groups is 1. The van der Waals surface area contributed by atoms with E-state index in [4.69, 9.17) is 4.74 Å². The number of hydrogen-bond acceptors (Lipinski definition) is 3. The van der Waals surface area contributed by atoms with Gasteiger partial charge >= 0.3 is 0 Å². The molecule has 1 aliphatic carbocycles. The van der Waals surface area contributed by atoms with E-state index < -0.39 is 9.84 Å². The molecule has 0 bridgehead atoms. The molecule has 0 atom stereocenters. The van der Waals surface area contributed by atoms with Gasteiger partial charge in [0.2, 0.25) is 0 Å². The van der Waals surface area contributed by atoms with E-state index in [1.54, 1.807) is 24.3 Å². The molecule has 0 heterocycles. The molecule has 3 nitrogen and oxygen atoms in total. The summed E-state index contributed by atoms with van der Waals surface area (Å²) < 4.78 is 29.3. The third-order valence-electron chi connectivity index (χ3n) is 2.88. The molecule has 2 rings (SSSR count). The molecule has 0 saturated heterocycles. The monoisotopic (exact) mass is 254 g/mol. The van der Waals surface area contributed by atoms with Crippen molar-refractivity contribution in [1.29, 1.82) is 0 Å². The Morgan fingerprint density at radius 3 is 2.41 bits per heavy atom. The van der Waals surface area contributed by atoms with Crippen molar-refractivity contribution in [2.45, 2.75) is 42.8 Å². The van der Waals surface area contributed by atoms with Gasteiger partial charge in [0, 0.05) is 0 Å².